The molecule has 1 aliphatic carbocycles. The van der Waals surface area contributed by atoms with Crippen LogP contribution in [0.15, 0.2) is 18.2 Å². The van der Waals surface area contributed by atoms with Crippen LogP contribution in [0.3, 0.4) is 0 Å². The number of rotatable bonds is 3. The molecule has 0 radical (unpaired) electrons. The molecule has 110 valence electrons. The van der Waals surface area contributed by atoms with Gasteiger partial charge in [-0.15, -0.1) is 0 Å². The van der Waals surface area contributed by atoms with Crippen molar-refractivity contribution in [3.8, 4) is 5.75 Å². The summed E-state index contributed by atoms with van der Waals surface area (Å²) in [7, 11) is 0. The quantitative estimate of drug-likeness (QED) is 0.621. The Bertz CT molecular complexity index is 697. The average Bonchev–Trinajstić information content (AvgIpc) is 2.83. The second kappa shape index (κ2) is 5.73. The van der Waals surface area contributed by atoms with Crippen molar-refractivity contribution in [3.63, 3.8) is 0 Å². The highest BCUT2D eigenvalue weighted by Gasteiger charge is 2.30. The van der Waals surface area contributed by atoms with E-state index in [1.165, 1.54) is 6.07 Å². The number of hydrogen-bond acceptors (Lipinski definition) is 3. The first kappa shape index (κ1) is 14.5. The maximum Gasteiger partial charge on any atom is 0.228 e. The molecule has 0 spiro atoms. The molecule has 0 N–H and O–H groups in total. The first-order valence-electron chi connectivity index (χ1n) is 6.30. The van der Waals surface area contributed by atoms with Crippen LogP contribution in [0.4, 0.5) is 8.78 Å². The first-order chi connectivity index (χ1) is 10.1. The van der Waals surface area contributed by atoms with Gasteiger partial charge in [0, 0.05) is 17.5 Å². The molecule has 1 aromatic carbocycles. The third-order valence-electron chi connectivity index (χ3n) is 3.54. The summed E-state index contributed by atoms with van der Waals surface area (Å²) in [5, 5.41) is 0.355. The van der Waals surface area contributed by atoms with Gasteiger partial charge in [-0.25, -0.2) is 18.7 Å². The van der Waals surface area contributed by atoms with E-state index in [9.17, 15) is 8.78 Å². The molecule has 1 aromatic heterocycles. The lowest BCUT2D eigenvalue weighted by Gasteiger charge is -2.13. The largest absolute Gasteiger partial charge is 0.463 e. The highest BCUT2D eigenvalue weighted by molar-refractivity contribution is 6.32. The second-order valence-corrected chi connectivity index (χ2v) is 5.37. The van der Waals surface area contributed by atoms with E-state index >= 15 is 0 Å². The number of benzene rings is 1. The lowest BCUT2D eigenvalue weighted by molar-refractivity contribution is 0.191. The summed E-state index contributed by atoms with van der Waals surface area (Å²) in [6.45, 7) is -0.997. The van der Waals surface area contributed by atoms with E-state index in [1.807, 2.05) is 0 Å². The van der Waals surface area contributed by atoms with Gasteiger partial charge >= 0.3 is 0 Å². The number of nitrogens with zero attached hydrogens (tertiary/aromatic N) is 2. The predicted octanol–water partition coefficient (Wildman–Crippen LogP) is 4.31. The number of hydrogen-bond donors (Lipinski definition) is 0. The molecule has 0 saturated heterocycles. The lowest BCUT2D eigenvalue weighted by atomic mass is 9.96. The fourth-order valence-corrected chi connectivity index (χ4v) is 3.13. The SMILES string of the molecule is FCOc1ccc(C2CCc3c(Cl)nc(Cl)nc32)c(F)c1. The normalized spacial score (nSPS) is 16.9. The van der Waals surface area contributed by atoms with Gasteiger partial charge in [-0.3, -0.25) is 0 Å². The van der Waals surface area contributed by atoms with Crippen molar-refractivity contribution < 1.29 is 13.5 Å². The van der Waals surface area contributed by atoms with E-state index in [0.29, 0.717) is 29.3 Å². The van der Waals surface area contributed by atoms with Crippen LogP contribution in [0, 0.1) is 5.82 Å². The van der Waals surface area contributed by atoms with Gasteiger partial charge in [0.05, 0.1) is 5.69 Å². The van der Waals surface area contributed by atoms with Crippen molar-refractivity contribution in [2.45, 2.75) is 18.8 Å². The topological polar surface area (TPSA) is 35.0 Å². The maximum atomic E-state index is 14.2. The van der Waals surface area contributed by atoms with Crippen molar-refractivity contribution in [2.24, 2.45) is 0 Å². The number of fused-ring (bicyclic) bond motifs is 1. The van der Waals surface area contributed by atoms with Gasteiger partial charge in [0.25, 0.3) is 0 Å². The molecular formula is C14H10Cl2F2N2O. The average molecular weight is 331 g/mol. The van der Waals surface area contributed by atoms with Crippen LogP contribution in [-0.2, 0) is 6.42 Å². The third-order valence-corrected chi connectivity index (χ3v) is 4.02. The molecule has 3 rings (SSSR count). The molecule has 1 aliphatic rings. The highest BCUT2D eigenvalue weighted by atomic mass is 35.5. The molecule has 3 nitrogen and oxygen atoms in total. The molecule has 0 aliphatic heterocycles. The molecule has 7 heteroatoms. The fourth-order valence-electron chi connectivity index (χ4n) is 2.64. The number of alkyl halides is 1. The van der Waals surface area contributed by atoms with Crippen molar-refractivity contribution in [3.05, 3.63) is 51.3 Å². The van der Waals surface area contributed by atoms with Gasteiger partial charge in [-0.1, -0.05) is 17.7 Å². The van der Waals surface area contributed by atoms with Crippen molar-refractivity contribution in [1.29, 1.82) is 0 Å². The summed E-state index contributed by atoms with van der Waals surface area (Å²) in [6, 6.07) is 4.27. The standard InChI is InChI=1S/C14H10Cl2F2N2O/c15-13-10-4-3-9(12(10)19-14(16)20-13)8-2-1-7(21-6-17)5-11(8)18/h1-2,5,9H,3-4,6H2. The van der Waals surface area contributed by atoms with Gasteiger partial charge in [-0.05, 0) is 36.1 Å². The molecule has 0 amide bonds. The molecule has 1 atom stereocenters. The molecule has 1 heterocycles. The maximum absolute atomic E-state index is 14.2. The van der Waals surface area contributed by atoms with E-state index in [2.05, 4.69) is 14.7 Å². The Morgan fingerprint density at radius 1 is 1.29 bits per heavy atom. The van der Waals surface area contributed by atoms with Gasteiger partial charge in [-0.2, -0.15) is 0 Å². The summed E-state index contributed by atoms with van der Waals surface area (Å²) in [5.74, 6) is -0.558. The van der Waals surface area contributed by atoms with Gasteiger partial charge in [0.1, 0.15) is 16.7 Å². The molecule has 2 aromatic rings. The summed E-state index contributed by atoms with van der Waals surface area (Å²) in [6.07, 6.45) is 1.34. The Morgan fingerprint density at radius 2 is 2.10 bits per heavy atom. The van der Waals surface area contributed by atoms with E-state index < -0.39 is 12.7 Å². The van der Waals surface area contributed by atoms with Crippen LogP contribution in [-0.4, -0.2) is 16.8 Å². The Morgan fingerprint density at radius 3 is 2.81 bits per heavy atom. The second-order valence-electron chi connectivity index (χ2n) is 4.68. The minimum atomic E-state index is -0.997. The highest BCUT2D eigenvalue weighted by Crippen LogP contribution is 2.41. The van der Waals surface area contributed by atoms with Crippen LogP contribution in [0.2, 0.25) is 10.4 Å². The summed E-state index contributed by atoms with van der Waals surface area (Å²) in [4.78, 5) is 8.08. The Hall–Kier alpha value is -1.46. The van der Waals surface area contributed by atoms with E-state index in [4.69, 9.17) is 23.2 Å². The molecule has 0 bridgehead atoms. The van der Waals surface area contributed by atoms with Crippen LogP contribution in [0.1, 0.15) is 29.2 Å². The number of aromatic nitrogens is 2. The van der Waals surface area contributed by atoms with Crippen molar-refractivity contribution >= 4 is 23.2 Å². The van der Waals surface area contributed by atoms with Crippen LogP contribution in [0.5, 0.6) is 5.75 Å². The molecular weight excluding hydrogens is 321 g/mol. The minimum absolute atomic E-state index is 0.0449. The number of ether oxygens (including phenoxy) is 1. The van der Waals surface area contributed by atoms with E-state index in [-0.39, 0.29) is 17.0 Å². The van der Waals surface area contributed by atoms with E-state index in [0.717, 1.165) is 11.6 Å². The number of halogens is 4. The Kier molecular flexibility index (Phi) is 3.95. The third kappa shape index (κ3) is 2.68. The monoisotopic (exact) mass is 330 g/mol. The molecule has 1 unspecified atom stereocenters. The van der Waals surface area contributed by atoms with Crippen molar-refractivity contribution in [1.82, 2.24) is 9.97 Å². The van der Waals surface area contributed by atoms with Gasteiger partial charge in [0.2, 0.25) is 12.1 Å². The summed E-state index contributed by atoms with van der Waals surface area (Å²) in [5.41, 5.74) is 1.92. The Labute approximate surface area is 129 Å². The first-order valence-corrected chi connectivity index (χ1v) is 7.05. The predicted molar refractivity (Wildman–Crippen MR) is 75.2 cm³/mol. The zero-order chi connectivity index (χ0) is 15.0. The van der Waals surface area contributed by atoms with E-state index in [1.54, 1.807) is 6.07 Å². The van der Waals surface area contributed by atoms with Crippen LogP contribution in [0.25, 0.3) is 0 Å². The van der Waals surface area contributed by atoms with Crippen LogP contribution >= 0.6 is 23.2 Å². The van der Waals surface area contributed by atoms with Gasteiger partial charge < -0.3 is 4.74 Å². The zero-order valence-corrected chi connectivity index (χ0v) is 12.3. The fraction of sp³-hybridized carbons (Fsp3) is 0.286. The summed E-state index contributed by atoms with van der Waals surface area (Å²) < 4.78 is 31.0. The lowest BCUT2D eigenvalue weighted by Crippen LogP contribution is -2.04. The zero-order valence-electron chi connectivity index (χ0n) is 10.7. The van der Waals surface area contributed by atoms with Gasteiger partial charge in [0.15, 0.2) is 0 Å². The molecule has 21 heavy (non-hydrogen) atoms. The molecule has 0 saturated carbocycles. The Balaban J connectivity index is 2.01. The minimum Gasteiger partial charge on any atom is -0.463 e. The van der Waals surface area contributed by atoms with Crippen molar-refractivity contribution in [2.75, 3.05) is 6.86 Å². The smallest absolute Gasteiger partial charge is 0.228 e. The van der Waals surface area contributed by atoms with Crippen LogP contribution < -0.4 is 4.74 Å². The summed E-state index contributed by atoms with van der Waals surface area (Å²) >= 11 is 11.9. The molecule has 0 fully saturated rings.